The predicted molar refractivity (Wildman–Crippen MR) is 78.3 cm³/mol. The van der Waals surface area contributed by atoms with Gasteiger partial charge < -0.3 is 0 Å². The molecule has 4 aromatic rings. The number of fused-ring (bicyclic) bond motifs is 1. The number of aromatic nitrogens is 2. The lowest BCUT2D eigenvalue weighted by atomic mass is 10.0. The van der Waals surface area contributed by atoms with Gasteiger partial charge in [0, 0.05) is 9.75 Å². The van der Waals surface area contributed by atoms with Gasteiger partial charge in [-0.25, -0.2) is 13.4 Å². The van der Waals surface area contributed by atoms with Crippen molar-refractivity contribution in [2.45, 2.75) is 0 Å². The first-order valence-corrected chi connectivity index (χ1v) is 7.74. The van der Waals surface area contributed by atoms with Crippen molar-refractivity contribution in [3.05, 3.63) is 46.7 Å². The highest BCUT2D eigenvalue weighted by Crippen LogP contribution is 2.41. The minimum atomic E-state index is -0.927. The summed E-state index contributed by atoms with van der Waals surface area (Å²) in [4.78, 5) is 1.18. The first kappa shape index (κ1) is 12.6. The summed E-state index contributed by atoms with van der Waals surface area (Å²) in [6.45, 7) is 0. The van der Waals surface area contributed by atoms with Crippen molar-refractivity contribution in [1.29, 1.82) is 0 Å². The molecule has 3 aromatic heterocycles. The molecule has 0 aliphatic carbocycles. The van der Waals surface area contributed by atoms with E-state index in [9.17, 15) is 8.78 Å². The number of hydrogen-bond donors (Lipinski definition) is 0. The predicted octanol–water partition coefficient (Wildman–Crippen LogP) is 4.96. The highest BCUT2D eigenvalue weighted by Gasteiger charge is 2.26. The van der Waals surface area contributed by atoms with E-state index < -0.39 is 11.6 Å². The summed E-state index contributed by atoms with van der Waals surface area (Å²) in [6.07, 6.45) is 0. The third-order valence-electron chi connectivity index (χ3n) is 3.13. The lowest BCUT2D eigenvalue weighted by Crippen LogP contribution is -1.95. The first-order chi connectivity index (χ1) is 10.3. The molecule has 4 rings (SSSR count). The second-order valence-corrected chi connectivity index (χ2v) is 6.19. The van der Waals surface area contributed by atoms with Crippen LogP contribution in [0, 0.1) is 11.6 Å². The van der Waals surface area contributed by atoms with Gasteiger partial charge in [0.1, 0.15) is 11.0 Å². The molecule has 0 fully saturated rings. The van der Waals surface area contributed by atoms with Gasteiger partial charge in [0.15, 0.2) is 11.6 Å². The smallest absolute Gasteiger partial charge is 0.170 e. The van der Waals surface area contributed by atoms with Gasteiger partial charge >= 0.3 is 0 Å². The fourth-order valence-corrected chi connectivity index (χ4v) is 3.77. The Morgan fingerprint density at radius 1 is 0.810 bits per heavy atom. The van der Waals surface area contributed by atoms with Crippen LogP contribution >= 0.6 is 22.7 Å². The molecule has 0 saturated heterocycles. The monoisotopic (exact) mass is 320 g/mol. The van der Waals surface area contributed by atoms with E-state index in [-0.39, 0.29) is 22.2 Å². The van der Waals surface area contributed by atoms with E-state index in [1.165, 1.54) is 22.7 Å². The molecule has 0 saturated carbocycles. The van der Waals surface area contributed by atoms with Crippen molar-refractivity contribution in [1.82, 2.24) is 10.3 Å². The Morgan fingerprint density at radius 3 is 1.67 bits per heavy atom. The molecule has 3 heterocycles. The molecule has 0 atom stereocenters. The van der Waals surface area contributed by atoms with Gasteiger partial charge in [-0.3, -0.25) is 0 Å². The minimum absolute atomic E-state index is 0.0963. The third kappa shape index (κ3) is 1.81. The molecule has 0 N–H and O–H groups in total. The van der Waals surface area contributed by atoms with Crippen LogP contribution in [0.15, 0.2) is 39.7 Å². The van der Waals surface area contributed by atoms with E-state index in [0.717, 1.165) is 0 Å². The standard InChI is InChI=1S/C14H6F2N2OS2/c15-11-9(7-3-1-5-20-7)13-14(18-19-17-13)10(12(11)16)8-4-2-6-21-8/h1-6H. The maximum absolute atomic E-state index is 14.6. The van der Waals surface area contributed by atoms with Crippen LogP contribution in [0.1, 0.15) is 0 Å². The van der Waals surface area contributed by atoms with E-state index in [2.05, 4.69) is 10.3 Å². The molecule has 3 nitrogen and oxygen atoms in total. The summed E-state index contributed by atoms with van der Waals surface area (Å²) >= 11 is 2.61. The highest BCUT2D eigenvalue weighted by molar-refractivity contribution is 7.14. The Kier molecular flexibility index (Phi) is 2.83. The first-order valence-electron chi connectivity index (χ1n) is 5.98. The van der Waals surface area contributed by atoms with Crippen LogP contribution in [0.3, 0.4) is 0 Å². The second-order valence-electron chi connectivity index (χ2n) is 4.29. The van der Waals surface area contributed by atoms with Gasteiger partial charge in [0.2, 0.25) is 0 Å². The van der Waals surface area contributed by atoms with Crippen LogP contribution in [0.25, 0.3) is 31.9 Å². The molecule has 0 radical (unpaired) electrons. The number of nitrogens with zero attached hydrogens (tertiary/aromatic N) is 2. The van der Waals surface area contributed by atoms with Crippen molar-refractivity contribution in [3.63, 3.8) is 0 Å². The fourth-order valence-electron chi connectivity index (χ4n) is 2.24. The zero-order chi connectivity index (χ0) is 14.4. The number of thiophene rings is 2. The van der Waals surface area contributed by atoms with Crippen LogP contribution in [-0.4, -0.2) is 10.3 Å². The summed E-state index contributed by atoms with van der Waals surface area (Å²) in [5, 5.41) is 11.1. The summed E-state index contributed by atoms with van der Waals surface area (Å²) in [6, 6.07) is 6.96. The fraction of sp³-hybridized carbons (Fsp3) is 0. The van der Waals surface area contributed by atoms with Crippen molar-refractivity contribution in [3.8, 4) is 20.9 Å². The lowest BCUT2D eigenvalue weighted by molar-refractivity contribution is 0.315. The number of rotatable bonds is 2. The van der Waals surface area contributed by atoms with Crippen molar-refractivity contribution < 1.29 is 13.4 Å². The maximum Gasteiger partial charge on any atom is 0.170 e. The molecular weight excluding hydrogens is 314 g/mol. The minimum Gasteiger partial charge on any atom is -0.243 e. The molecule has 0 unspecified atom stereocenters. The summed E-state index contributed by atoms with van der Waals surface area (Å²) in [7, 11) is 0. The lowest BCUT2D eigenvalue weighted by Gasteiger charge is -2.06. The van der Waals surface area contributed by atoms with Gasteiger partial charge in [0.05, 0.1) is 11.1 Å². The third-order valence-corrected chi connectivity index (χ3v) is 4.90. The Morgan fingerprint density at radius 2 is 1.29 bits per heavy atom. The Hall–Kier alpha value is -2.12. The molecular formula is C14H6F2N2OS2. The molecule has 21 heavy (non-hydrogen) atoms. The molecule has 104 valence electrons. The van der Waals surface area contributed by atoms with E-state index in [0.29, 0.717) is 9.75 Å². The average Bonchev–Trinajstić information content (AvgIpc) is 3.21. The molecule has 0 bridgehead atoms. The Labute approximate surface area is 125 Å². The average molecular weight is 320 g/mol. The largest absolute Gasteiger partial charge is 0.243 e. The molecule has 0 aliphatic rings. The topological polar surface area (TPSA) is 38.9 Å². The van der Waals surface area contributed by atoms with Crippen LogP contribution in [-0.2, 0) is 0 Å². The van der Waals surface area contributed by atoms with E-state index in [4.69, 9.17) is 4.63 Å². The quantitative estimate of drug-likeness (QED) is 0.524. The zero-order valence-electron chi connectivity index (χ0n) is 10.3. The SMILES string of the molecule is Fc1c(F)c(-c2cccs2)c2nonc2c1-c1cccs1. The molecule has 0 spiro atoms. The summed E-state index contributed by atoms with van der Waals surface area (Å²) in [5.74, 6) is -1.85. The van der Waals surface area contributed by atoms with Crippen LogP contribution in [0.4, 0.5) is 8.78 Å². The van der Waals surface area contributed by atoms with Crippen LogP contribution < -0.4 is 0 Å². The van der Waals surface area contributed by atoms with Crippen LogP contribution in [0.2, 0.25) is 0 Å². The maximum atomic E-state index is 14.6. The summed E-state index contributed by atoms with van der Waals surface area (Å²) in [5.41, 5.74) is 0.664. The molecule has 0 aliphatic heterocycles. The van der Waals surface area contributed by atoms with Gasteiger partial charge in [-0.2, -0.15) is 0 Å². The Balaban J connectivity index is 2.14. The highest BCUT2D eigenvalue weighted by atomic mass is 32.1. The second kappa shape index (κ2) is 4.71. The number of halogens is 2. The summed E-state index contributed by atoms with van der Waals surface area (Å²) < 4.78 is 33.8. The van der Waals surface area contributed by atoms with Gasteiger partial charge in [0.25, 0.3) is 0 Å². The molecule has 1 aromatic carbocycles. The molecule has 0 amide bonds. The van der Waals surface area contributed by atoms with Gasteiger partial charge in [-0.05, 0) is 33.2 Å². The Bertz CT molecular complexity index is 840. The van der Waals surface area contributed by atoms with E-state index >= 15 is 0 Å². The normalized spacial score (nSPS) is 11.3. The van der Waals surface area contributed by atoms with Gasteiger partial charge in [-0.15, -0.1) is 22.7 Å². The van der Waals surface area contributed by atoms with Crippen molar-refractivity contribution in [2.24, 2.45) is 0 Å². The van der Waals surface area contributed by atoms with Crippen molar-refractivity contribution in [2.75, 3.05) is 0 Å². The molecule has 7 heteroatoms. The van der Waals surface area contributed by atoms with Gasteiger partial charge in [-0.1, -0.05) is 12.1 Å². The van der Waals surface area contributed by atoms with Crippen LogP contribution in [0.5, 0.6) is 0 Å². The number of benzene rings is 1. The van der Waals surface area contributed by atoms with E-state index in [1.54, 1.807) is 35.0 Å². The zero-order valence-corrected chi connectivity index (χ0v) is 12.0. The van der Waals surface area contributed by atoms with E-state index in [1.807, 2.05) is 0 Å². The number of hydrogen-bond acceptors (Lipinski definition) is 5. The van der Waals surface area contributed by atoms with Crippen molar-refractivity contribution >= 4 is 33.7 Å².